The van der Waals surface area contributed by atoms with E-state index in [4.69, 9.17) is 11.6 Å². The molecule has 11 heavy (non-hydrogen) atoms. The molecule has 0 aliphatic carbocycles. The molecule has 2 nitrogen and oxygen atoms in total. The van der Waals surface area contributed by atoms with Gasteiger partial charge in [0.1, 0.15) is 0 Å². The van der Waals surface area contributed by atoms with E-state index >= 15 is 0 Å². The summed E-state index contributed by atoms with van der Waals surface area (Å²) in [6, 6.07) is 0. The van der Waals surface area contributed by atoms with Crippen LogP contribution in [0.5, 0.6) is 0 Å². The largest absolute Gasteiger partial charge is 0.465 e. The molecule has 0 saturated carbocycles. The van der Waals surface area contributed by atoms with Gasteiger partial charge in [0.25, 0.3) is 0 Å². The number of allylic oxidation sites excluding steroid dienone is 2. The van der Waals surface area contributed by atoms with Crippen molar-refractivity contribution in [1.82, 2.24) is 0 Å². The Hall–Kier alpha value is -0.760. The number of hydrogen-bond donors (Lipinski definition) is 0. The first-order chi connectivity index (χ1) is 5.26. The number of rotatable bonds is 3. The number of halogens is 1. The van der Waals surface area contributed by atoms with Crippen LogP contribution in [0.15, 0.2) is 23.8 Å². The minimum absolute atomic E-state index is 0.339. The highest BCUT2D eigenvalue weighted by atomic mass is 35.5. The number of carbonyl (C=O) groups is 1. The SMILES string of the molecule is CC=C(C=CCCl)C(=O)OC. The fourth-order valence-corrected chi connectivity index (χ4v) is 0.661. The fraction of sp³-hybridized carbons (Fsp3) is 0.375. The first-order valence-electron chi connectivity index (χ1n) is 3.23. The molecule has 0 aromatic heterocycles. The monoisotopic (exact) mass is 174 g/mol. The third-order valence-electron chi connectivity index (χ3n) is 1.12. The third kappa shape index (κ3) is 3.83. The quantitative estimate of drug-likeness (QED) is 0.283. The van der Waals surface area contributed by atoms with Gasteiger partial charge in [-0.15, -0.1) is 11.6 Å². The molecule has 0 fully saturated rings. The molecule has 0 aliphatic rings. The molecule has 0 aliphatic heterocycles. The van der Waals surface area contributed by atoms with Crippen molar-refractivity contribution in [1.29, 1.82) is 0 Å². The Kier molecular flexibility index (Phi) is 5.57. The predicted molar refractivity (Wildman–Crippen MR) is 45.6 cm³/mol. The summed E-state index contributed by atoms with van der Waals surface area (Å²) in [6.45, 7) is 1.77. The average Bonchev–Trinajstić information content (AvgIpc) is 2.05. The summed E-state index contributed by atoms with van der Waals surface area (Å²) in [5.41, 5.74) is 0.521. The van der Waals surface area contributed by atoms with Gasteiger partial charge in [0.2, 0.25) is 0 Å². The number of hydrogen-bond acceptors (Lipinski definition) is 2. The maximum absolute atomic E-state index is 10.9. The maximum Gasteiger partial charge on any atom is 0.337 e. The van der Waals surface area contributed by atoms with Crippen molar-refractivity contribution < 1.29 is 9.53 Å². The van der Waals surface area contributed by atoms with E-state index in [1.54, 1.807) is 25.2 Å². The molecule has 0 spiro atoms. The Morgan fingerprint density at radius 3 is 2.64 bits per heavy atom. The zero-order chi connectivity index (χ0) is 8.69. The summed E-state index contributed by atoms with van der Waals surface area (Å²) in [5, 5.41) is 0. The molecule has 0 unspecified atom stereocenters. The molecule has 0 radical (unpaired) electrons. The second-order valence-electron chi connectivity index (χ2n) is 1.79. The van der Waals surface area contributed by atoms with E-state index in [0.717, 1.165) is 0 Å². The Morgan fingerprint density at radius 1 is 1.64 bits per heavy atom. The smallest absolute Gasteiger partial charge is 0.337 e. The Bertz CT molecular complexity index is 183. The van der Waals surface area contributed by atoms with Crippen LogP contribution >= 0.6 is 11.6 Å². The van der Waals surface area contributed by atoms with Crippen LogP contribution < -0.4 is 0 Å². The second kappa shape index (κ2) is 5.98. The fourth-order valence-electron chi connectivity index (χ4n) is 0.571. The minimum Gasteiger partial charge on any atom is -0.465 e. The number of esters is 1. The molecule has 0 bridgehead atoms. The summed E-state index contributed by atoms with van der Waals surface area (Å²) >= 11 is 5.38. The van der Waals surface area contributed by atoms with Crippen LogP contribution in [-0.4, -0.2) is 19.0 Å². The average molecular weight is 175 g/mol. The van der Waals surface area contributed by atoms with Crippen LogP contribution in [0, 0.1) is 0 Å². The highest BCUT2D eigenvalue weighted by Crippen LogP contribution is 1.99. The standard InChI is InChI=1S/C8H11ClO2/c1-3-7(5-4-6-9)8(10)11-2/h3-5H,6H2,1-2H3. The van der Waals surface area contributed by atoms with Gasteiger partial charge in [0, 0.05) is 5.88 Å². The lowest BCUT2D eigenvalue weighted by Gasteiger charge is -1.96. The first-order valence-corrected chi connectivity index (χ1v) is 3.76. The van der Waals surface area contributed by atoms with Gasteiger partial charge < -0.3 is 4.74 Å². The molecular formula is C8H11ClO2. The summed E-state index contributed by atoms with van der Waals surface area (Å²) in [4.78, 5) is 10.9. The van der Waals surface area contributed by atoms with E-state index in [0.29, 0.717) is 11.5 Å². The van der Waals surface area contributed by atoms with E-state index in [-0.39, 0.29) is 5.97 Å². The lowest BCUT2D eigenvalue weighted by Crippen LogP contribution is -2.01. The van der Waals surface area contributed by atoms with Crippen LogP contribution in [0.4, 0.5) is 0 Å². The van der Waals surface area contributed by atoms with Gasteiger partial charge in [-0.2, -0.15) is 0 Å². The lowest BCUT2D eigenvalue weighted by atomic mass is 10.2. The molecule has 0 heterocycles. The van der Waals surface area contributed by atoms with E-state index in [2.05, 4.69) is 4.74 Å². The molecule has 0 saturated heterocycles. The van der Waals surface area contributed by atoms with E-state index in [1.165, 1.54) is 7.11 Å². The van der Waals surface area contributed by atoms with Gasteiger partial charge in [-0.05, 0) is 6.92 Å². The zero-order valence-electron chi connectivity index (χ0n) is 6.63. The van der Waals surface area contributed by atoms with E-state index < -0.39 is 0 Å². The first kappa shape index (κ1) is 10.2. The summed E-state index contributed by atoms with van der Waals surface area (Å²) in [5.74, 6) is 0.0581. The number of alkyl halides is 1. The van der Waals surface area contributed by atoms with Crippen LogP contribution in [-0.2, 0) is 9.53 Å². The zero-order valence-corrected chi connectivity index (χ0v) is 7.39. The summed E-state index contributed by atoms with van der Waals surface area (Å²) < 4.78 is 4.50. The molecule has 0 N–H and O–H groups in total. The Balaban J connectivity index is 4.19. The summed E-state index contributed by atoms with van der Waals surface area (Å²) in [6.07, 6.45) is 5.00. The highest BCUT2D eigenvalue weighted by molar-refractivity contribution is 6.19. The molecule has 62 valence electrons. The normalized spacial score (nSPS) is 12.1. The van der Waals surface area contributed by atoms with Crippen molar-refractivity contribution in [2.75, 3.05) is 13.0 Å². The van der Waals surface area contributed by atoms with Crippen LogP contribution in [0.3, 0.4) is 0 Å². The Labute approximate surface area is 71.5 Å². The number of carbonyl (C=O) groups excluding carboxylic acids is 1. The van der Waals surface area contributed by atoms with Gasteiger partial charge in [-0.3, -0.25) is 0 Å². The van der Waals surface area contributed by atoms with Crippen LogP contribution in [0.2, 0.25) is 0 Å². The minimum atomic E-state index is -0.339. The van der Waals surface area contributed by atoms with Crippen LogP contribution in [0.1, 0.15) is 6.92 Å². The second-order valence-corrected chi connectivity index (χ2v) is 2.10. The highest BCUT2D eigenvalue weighted by Gasteiger charge is 2.02. The maximum atomic E-state index is 10.9. The predicted octanol–water partition coefficient (Wildman–Crippen LogP) is 1.90. The molecule has 0 aromatic rings. The van der Waals surface area contributed by atoms with E-state index in [1.807, 2.05) is 0 Å². The van der Waals surface area contributed by atoms with Gasteiger partial charge in [-0.1, -0.05) is 18.2 Å². The van der Waals surface area contributed by atoms with Gasteiger partial charge in [0.05, 0.1) is 12.7 Å². The molecule has 0 amide bonds. The van der Waals surface area contributed by atoms with Gasteiger partial charge in [0.15, 0.2) is 0 Å². The van der Waals surface area contributed by atoms with Gasteiger partial charge in [-0.25, -0.2) is 4.79 Å². The van der Waals surface area contributed by atoms with E-state index in [9.17, 15) is 4.79 Å². The number of methoxy groups -OCH3 is 1. The van der Waals surface area contributed by atoms with Crippen molar-refractivity contribution in [3.05, 3.63) is 23.8 Å². The summed E-state index contributed by atoms with van der Waals surface area (Å²) in [7, 11) is 1.35. The van der Waals surface area contributed by atoms with Crippen molar-refractivity contribution in [3.63, 3.8) is 0 Å². The molecular weight excluding hydrogens is 164 g/mol. The Morgan fingerprint density at radius 2 is 2.27 bits per heavy atom. The molecule has 0 atom stereocenters. The molecule has 0 rings (SSSR count). The molecule has 0 aromatic carbocycles. The van der Waals surface area contributed by atoms with Crippen molar-refractivity contribution in [2.24, 2.45) is 0 Å². The number of ether oxygens (including phenoxy) is 1. The molecule has 3 heteroatoms. The van der Waals surface area contributed by atoms with Crippen molar-refractivity contribution >= 4 is 17.6 Å². The topological polar surface area (TPSA) is 26.3 Å². The lowest BCUT2D eigenvalue weighted by molar-refractivity contribution is -0.135. The van der Waals surface area contributed by atoms with Crippen molar-refractivity contribution in [2.45, 2.75) is 6.92 Å². The van der Waals surface area contributed by atoms with Crippen LogP contribution in [0.25, 0.3) is 0 Å². The van der Waals surface area contributed by atoms with Crippen molar-refractivity contribution in [3.8, 4) is 0 Å². The van der Waals surface area contributed by atoms with Gasteiger partial charge >= 0.3 is 5.97 Å². The third-order valence-corrected chi connectivity index (χ3v) is 1.30.